The summed E-state index contributed by atoms with van der Waals surface area (Å²) in [5.74, 6) is 4.94. The third-order valence-corrected chi connectivity index (χ3v) is 7.77. The van der Waals surface area contributed by atoms with Gasteiger partial charge in [-0.3, -0.25) is 4.79 Å². The Hall–Kier alpha value is -4.33. The fourth-order valence-electron chi connectivity index (χ4n) is 5.26. The average Bonchev–Trinajstić information content (AvgIpc) is 3.11. The highest BCUT2D eigenvalue weighted by atomic mass is 16.6. The number of hydrogen-bond acceptors (Lipinski definition) is 7. The van der Waals surface area contributed by atoms with Crippen LogP contribution in [0.15, 0.2) is 121 Å². The number of ether oxygens (including phenoxy) is 5. The standard InChI is InChI=1S/C39H41NO7/c40-33(39(41)42)22-13-23-34-36(44-25-30-16-7-2-8-17-30)38(46-27-32-20-11-4-12-21-32)37(45-26-31-18-9-3-10-19-31)35(47-34)28-43-24-29-14-5-1-6-15-29/h1-12,14-21,33-38H,22,24-28,40H2,(H,41,42)/t33-,34-,35+,36-,37-,38+/m0/s1. The van der Waals surface area contributed by atoms with E-state index in [9.17, 15) is 9.90 Å². The molecule has 4 aromatic carbocycles. The lowest BCUT2D eigenvalue weighted by atomic mass is 9.94. The minimum atomic E-state index is -1.12. The van der Waals surface area contributed by atoms with Crippen LogP contribution in [0.2, 0.25) is 0 Å². The quantitative estimate of drug-likeness (QED) is 0.164. The molecule has 0 saturated carbocycles. The number of carboxylic acid groups (broad SMARTS) is 1. The lowest BCUT2D eigenvalue weighted by molar-refractivity contribution is -0.261. The van der Waals surface area contributed by atoms with Crippen molar-refractivity contribution in [1.82, 2.24) is 0 Å². The lowest BCUT2D eigenvalue weighted by Gasteiger charge is -2.45. The molecule has 1 aliphatic heterocycles. The number of nitrogens with two attached hydrogens (primary N) is 1. The lowest BCUT2D eigenvalue weighted by Crippen LogP contribution is -2.60. The summed E-state index contributed by atoms with van der Waals surface area (Å²) in [5, 5.41) is 9.32. The summed E-state index contributed by atoms with van der Waals surface area (Å²) in [6.45, 7) is 1.51. The first-order valence-electron chi connectivity index (χ1n) is 15.8. The van der Waals surface area contributed by atoms with Crippen LogP contribution in [-0.2, 0) is 54.9 Å². The Morgan fingerprint density at radius 2 is 1.09 bits per heavy atom. The van der Waals surface area contributed by atoms with Crippen LogP contribution >= 0.6 is 0 Å². The second kappa shape index (κ2) is 18.1. The van der Waals surface area contributed by atoms with Crippen LogP contribution in [0, 0.1) is 11.8 Å². The van der Waals surface area contributed by atoms with Gasteiger partial charge in [-0.25, -0.2) is 0 Å². The molecule has 4 aromatic rings. The van der Waals surface area contributed by atoms with E-state index in [0.29, 0.717) is 19.8 Å². The number of carbonyl (C=O) groups is 1. The van der Waals surface area contributed by atoms with Crippen LogP contribution < -0.4 is 5.73 Å². The van der Waals surface area contributed by atoms with Crippen molar-refractivity contribution in [3.05, 3.63) is 144 Å². The van der Waals surface area contributed by atoms with E-state index in [1.165, 1.54) is 0 Å². The molecule has 0 unspecified atom stereocenters. The average molecular weight is 636 g/mol. The van der Waals surface area contributed by atoms with E-state index in [4.69, 9.17) is 29.4 Å². The van der Waals surface area contributed by atoms with Crippen molar-refractivity contribution in [2.45, 2.75) is 69.4 Å². The van der Waals surface area contributed by atoms with Crippen LogP contribution in [0.25, 0.3) is 0 Å². The molecule has 0 spiro atoms. The molecule has 8 nitrogen and oxygen atoms in total. The molecule has 1 fully saturated rings. The fraction of sp³-hybridized carbons (Fsp3) is 0.308. The van der Waals surface area contributed by atoms with Crippen molar-refractivity contribution in [2.24, 2.45) is 5.73 Å². The molecule has 8 heteroatoms. The molecule has 1 aliphatic rings. The van der Waals surface area contributed by atoms with Crippen molar-refractivity contribution in [3.63, 3.8) is 0 Å². The van der Waals surface area contributed by atoms with Gasteiger partial charge in [0.25, 0.3) is 0 Å². The van der Waals surface area contributed by atoms with E-state index in [0.717, 1.165) is 22.3 Å². The minimum Gasteiger partial charge on any atom is -0.480 e. The van der Waals surface area contributed by atoms with Gasteiger partial charge in [0.2, 0.25) is 0 Å². The molecule has 0 aromatic heterocycles. The van der Waals surface area contributed by atoms with Gasteiger partial charge >= 0.3 is 5.97 Å². The predicted octanol–water partition coefficient (Wildman–Crippen LogP) is 5.53. The highest BCUT2D eigenvalue weighted by Crippen LogP contribution is 2.31. The van der Waals surface area contributed by atoms with E-state index in [2.05, 4.69) is 11.8 Å². The minimum absolute atomic E-state index is 0.0424. The van der Waals surface area contributed by atoms with Crippen molar-refractivity contribution in [1.29, 1.82) is 0 Å². The summed E-state index contributed by atoms with van der Waals surface area (Å²) in [6, 6.07) is 38.5. The predicted molar refractivity (Wildman–Crippen MR) is 178 cm³/mol. The molecule has 3 N–H and O–H groups in total. The van der Waals surface area contributed by atoms with Gasteiger partial charge in [0, 0.05) is 6.42 Å². The molecule has 47 heavy (non-hydrogen) atoms. The monoisotopic (exact) mass is 635 g/mol. The third-order valence-electron chi connectivity index (χ3n) is 7.77. The van der Waals surface area contributed by atoms with Gasteiger partial charge in [0.1, 0.15) is 36.6 Å². The summed E-state index contributed by atoms with van der Waals surface area (Å²) < 4.78 is 32.7. The maximum absolute atomic E-state index is 11.4. The van der Waals surface area contributed by atoms with Crippen molar-refractivity contribution in [3.8, 4) is 11.8 Å². The van der Waals surface area contributed by atoms with Crippen LogP contribution in [-0.4, -0.2) is 54.2 Å². The highest BCUT2D eigenvalue weighted by molar-refractivity contribution is 5.73. The first-order valence-corrected chi connectivity index (χ1v) is 15.8. The van der Waals surface area contributed by atoms with Gasteiger partial charge in [-0.05, 0) is 22.3 Å². The Labute approximate surface area is 276 Å². The Morgan fingerprint density at radius 3 is 1.55 bits per heavy atom. The van der Waals surface area contributed by atoms with E-state index in [1.807, 2.05) is 121 Å². The smallest absolute Gasteiger partial charge is 0.321 e. The van der Waals surface area contributed by atoms with Crippen LogP contribution in [0.3, 0.4) is 0 Å². The van der Waals surface area contributed by atoms with Gasteiger partial charge in [0.15, 0.2) is 0 Å². The maximum atomic E-state index is 11.4. The molecule has 1 saturated heterocycles. The van der Waals surface area contributed by atoms with E-state index < -0.39 is 42.5 Å². The normalized spacial score (nSPS) is 21.3. The Kier molecular flexibility index (Phi) is 13.1. The molecule has 1 heterocycles. The van der Waals surface area contributed by atoms with Crippen LogP contribution in [0.5, 0.6) is 0 Å². The third kappa shape index (κ3) is 10.6. The molecule has 0 radical (unpaired) electrons. The summed E-state index contributed by atoms with van der Waals surface area (Å²) >= 11 is 0. The zero-order valence-corrected chi connectivity index (χ0v) is 26.2. The van der Waals surface area contributed by atoms with Gasteiger partial charge in [-0.1, -0.05) is 133 Å². The Balaban J connectivity index is 1.46. The van der Waals surface area contributed by atoms with Crippen molar-refractivity contribution >= 4 is 5.97 Å². The Bertz CT molecular complexity index is 1540. The van der Waals surface area contributed by atoms with E-state index in [1.54, 1.807) is 0 Å². The number of hydrogen-bond donors (Lipinski definition) is 2. The second-order valence-corrected chi connectivity index (χ2v) is 11.3. The van der Waals surface area contributed by atoms with Crippen LogP contribution in [0.4, 0.5) is 0 Å². The zero-order chi connectivity index (χ0) is 32.7. The summed E-state index contributed by atoms with van der Waals surface area (Å²) in [6.07, 6.45) is -3.28. The molecular formula is C39H41NO7. The van der Waals surface area contributed by atoms with Gasteiger partial charge in [0.05, 0.1) is 33.0 Å². The van der Waals surface area contributed by atoms with Gasteiger partial charge < -0.3 is 34.5 Å². The van der Waals surface area contributed by atoms with Crippen molar-refractivity contribution < 1.29 is 33.6 Å². The highest BCUT2D eigenvalue weighted by Gasteiger charge is 2.48. The molecule has 0 amide bonds. The van der Waals surface area contributed by atoms with E-state index >= 15 is 0 Å². The fourth-order valence-corrected chi connectivity index (χ4v) is 5.26. The molecule has 0 bridgehead atoms. The molecule has 0 aliphatic carbocycles. The van der Waals surface area contributed by atoms with Crippen LogP contribution in [0.1, 0.15) is 28.7 Å². The summed E-state index contributed by atoms with van der Waals surface area (Å²) in [5.41, 5.74) is 9.77. The number of benzene rings is 4. The molecule has 5 rings (SSSR count). The SMILES string of the molecule is N[C@@H](CC#C[C@@H]1O[C@H](COCc2ccccc2)[C@H](OCc2ccccc2)[C@H](OCc2ccccc2)[C@H]1OCc1ccccc1)C(=O)O. The topological polar surface area (TPSA) is 109 Å². The molecule has 244 valence electrons. The maximum Gasteiger partial charge on any atom is 0.321 e. The number of rotatable bonds is 15. The summed E-state index contributed by atoms with van der Waals surface area (Å²) in [4.78, 5) is 11.4. The van der Waals surface area contributed by atoms with Crippen molar-refractivity contribution in [2.75, 3.05) is 6.61 Å². The van der Waals surface area contributed by atoms with Gasteiger partial charge in [-0.15, -0.1) is 0 Å². The first kappa shape index (κ1) is 34.0. The largest absolute Gasteiger partial charge is 0.480 e. The van der Waals surface area contributed by atoms with E-state index in [-0.39, 0.29) is 19.6 Å². The summed E-state index contributed by atoms with van der Waals surface area (Å²) in [7, 11) is 0. The van der Waals surface area contributed by atoms with Gasteiger partial charge in [-0.2, -0.15) is 0 Å². The molecular weight excluding hydrogens is 594 g/mol. The zero-order valence-electron chi connectivity index (χ0n) is 26.2. The Morgan fingerprint density at radius 1 is 0.660 bits per heavy atom. The first-order chi connectivity index (χ1) is 23.1. The second-order valence-electron chi connectivity index (χ2n) is 11.3. The number of carboxylic acids is 1. The number of aliphatic carboxylic acids is 1. The molecule has 6 atom stereocenters.